The third kappa shape index (κ3) is 2.79. The molecule has 2 aliphatic carbocycles. The van der Waals surface area contributed by atoms with Gasteiger partial charge in [0.25, 0.3) is 0 Å². The molecule has 0 unspecified atom stereocenters. The van der Waals surface area contributed by atoms with Crippen molar-refractivity contribution in [2.75, 3.05) is 13.1 Å². The Hall–Kier alpha value is -1.69. The number of likely N-dealkylation sites (tertiary alicyclic amines) is 1. The van der Waals surface area contributed by atoms with E-state index in [1.165, 1.54) is 17.7 Å². The second kappa shape index (κ2) is 6.48. The van der Waals surface area contributed by atoms with E-state index in [2.05, 4.69) is 32.6 Å². The van der Waals surface area contributed by atoms with Crippen LogP contribution in [0.25, 0.3) is 0 Å². The summed E-state index contributed by atoms with van der Waals surface area (Å²) < 4.78 is 5.90. The smallest absolute Gasteiger partial charge is 0.234 e. The average molecular weight is 372 g/mol. The first-order valence-corrected chi connectivity index (χ1v) is 10.8. The van der Waals surface area contributed by atoms with Gasteiger partial charge in [0, 0.05) is 29.8 Å². The number of piperidine rings is 1. The van der Waals surface area contributed by atoms with Crippen molar-refractivity contribution in [2.45, 2.75) is 68.6 Å². The van der Waals surface area contributed by atoms with Gasteiger partial charge in [-0.2, -0.15) is 0 Å². The fourth-order valence-corrected chi connectivity index (χ4v) is 5.61. The Labute approximate surface area is 157 Å². The number of thiophene rings is 1. The molecule has 0 N–H and O–H groups in total. The Morgan fingerprint density at radius 1 is 1.08 bits per heavy atom. The lowest BCUT2D eigenvalue weighted by molar-refractivity contribution is -0.138. The topological polar surface area (TPSA) is 59.2 Å². The normalized spacial score (nSPS) is 23.5. The van der Waals surface area contributed by atoms with Crippen molar-refractivity contribution in [2.24, 2.45) is 0 Å². The van der Waals surface area contributed by atoms with Crippen LogP contribution in [0.2, 0.25) is 0 Å². The van der Waals surface area contributed by atoms with Crippen LogP contribution in [0.3, 0.4) is 0 Å². The molecule has 0 atom stereocenters. The number of rotatable bonds is 4. The maximum atomic E-state index is 13.4. The van der Waals surface area contributed by atoms with E-state index in [0.29, 0.717) is 17.7 Å². The van der Waals surface area contributed by atoms with E-state index < -0.39 is 0 Å². The zero-order valence-corrected chi connectivity index (χ0v) is 15.8. The van der Waals surface area contributed by atoms with Crippen LogP contribution in [-0.2, 0) is 10.2 Å². The van der Waals surface area contributed by atoms with Gasteiger partial charge in [0.05, 0.1) is 5.41 Å². The molecule has 3 aliphatic rings. The fraction of sp³-hybridized carbons (Fsp3) is 0.650. The van der Waals surface area contributed by atoms with E-state index in [0.717, 1.165) is 63.4 Å². The van der Waals surface area contributed by atoms with Gasteiger partial charge in [-0.25, -0.2) is 0 Å². The van der Waals surface area contributed by atoms with Crippen LogP contribution >= 0.6 is 11.3 Å². The van der Waals surface area contributed by atoms with E-state index in [9.17, 15) is 4.79 Å². The van der Waals surface area contributed by atoms with Gasteiger partial charge >= 0.3 is 0 Å². The van der Waals surface area contributed by atoms with Gasteiger partial charge < -0.3 is 9.32 Å². The molecule has 2 saturated carbocycles. The molecule has 1 saturated heterocycles. The van der Waals surface area contributed by atoms with Crippen LogP contribution in [0.4, 0.5) is 0 Å². The first-order chi connectivity index (χ1) is 12.8. The minimum absolute atomic E-state index is 0.259. The highest BCUT2D eigenvalue weighted by Crippen LogP contribution is 2.45. The van der Waals surface area contributed by atoms with Crippen molar-refractivity contribution in [1.82, 2.24) is 15.1 Å². The lowest BCUT2D eigenvalue weighted by atomic mass is 9.82. The van der Waals surface area contributed by atoms with Gasteiger partial charge in [-0.15, -0.1) is 21.5 Å². The second-order valence-corrected chi connectivity index (χ2v) is 9.03. The van der Waals surface area contributed by atoms with Crippen LogP contribution < -0.4 is 0 Å². The molecule has 1 amide bonds. The zero-order valence-electron chi connectivity index (χ0n) is 15.0. The molecule has 3 heterocycles. The maximum Gasteiger partial charge on any atom is 0.234 e. The van der Waals surface area contributed by atoms with E-state index in [4.69, 9.17) is 4.42 Å². The molecule has 5 nitrogen and oxygen atoms in total. The summed E-state index contributed by atoms with van der Waals surface area (Å²) in [6.45, 7) is 1.61. The number of amides is 1. The van der Waals surface area contributed by atoms with Crippen molar-refractivity contribution in [3.05, 3.63) is 34.2 Å². The fourth-order valence-electron chi connectivity index (χ4n) is 4.63. The van der Waals surface area contributed by atoms with Crippen molar-refractivity contribution < 1.29 is 9.21 Å². The number of nitrogens with zero attached hydrogens (tertiary/aromatic N) is 3. The van der Waals surface area contributed by atoms with Gasteiger partial charge in [-0.1, -0.05) is 18.9 Å². The third-order valence-electron chi connectivity index (χ3n) is 6.37. The molecular formula is C20H25N3O2S. The summed E-state index contributed by atoms with van der Waals surface area (Å²) in [4.78, 5) is 16.8. The molecule has 2 aromatic heterocycles. The van der Waals surface area contributed by atoms with Crippen molar-refractivity contribution in [3.63, 3.8) is 0 Å². The molecule has 0 bridgehead atoms. The molecule has 0 radical (unpaired) electrons. The first-order valence-electron chi connectivity index (χ1n) is 9.93. The molecular weight excluding hydrogens is 346 g/mol. The van der Waals surface area contributed by atoms with Gasteiger partial charge in [-0.05, 0) is 50.0 Å². The Balaban J connectivity index is 1.27. The standard InChI is InChI=1S/C20H25N3O2S/c24-19(20(9-1-2-10-20)16-4-3-13-26-16)23-11-7-15(8-12-23)18-22-21-17(25-18)14-5-6-14/h3-4,13-15H,1-2,5-12H2. The number of carbonyl (C=O) groups excluding carboxylic acids is 1. The van der Waals surface area contributed by atoms with Crippen LogP contribution in [-0.4, -0.2) is 34.1 Å². The Morgan fingerprint density at radius 2 is 1.73 bits per heavy atom. The zero-order chi connectivity index (χ0) is 17.6. The Morgan fingerprint density at radius 3 is 2.31 bits per heavy atom. The molecule has 6 heteroatoms. The Kier molecular flexibility index (Phi) is 4.11. The van der Waals surface area contributed by atoms with Crippen LogP contribution in [0.1, 0.15) is 79.9 Å². The number of carbonyl (C=O) groups is 1. The average Bonchev–Trinajstić information content (AvgIpc) is 3.15. The summed E-state index contributed by atoms with van der Waals surface area (Å²) in [7, 11) is 0. The molecule has 0 aromatic carbocycles. The van der Waals surface area contributed by atoms with E-state index in [1.54, 1.807) is 11.3 Å². The molecule has 26 heavy (non-hydrogen) atoms. The van der Waals surface area contributed by atoms with E-state index in [-0.39, 0.29) is 5.41 Å². The lowest BCUT2D eigenvalue weighted by Crippen LogP contribution is -2.48. The van der Waals surface area contributed by atoms with Gasteiger partial charge in [-0.3, -0.25) is 4.79 Å². The van der Waals surface area contributed by atoms with E-state index in [1.807, 2.05) is 0 Å². The Bertz CT molecular complexity index is 767. The predicted octanol–water partition coefficient (Wildman–Crippen LogP) is 4.23. The molecule has 138 valence electrons. The number of hydrogen-bond donors (Lipinski definition) is 0. The highest BCUT2D eigenvalue weighted by molar-refractivity contribution is 7.10. The SMILES string of the molecule is O=C(N1CCC(c2nnc(C3CC3)o2)CC1)C1(c2cccs2)CCCC1. The summed E-state index contributed by atoms with van der Waals surface area (Å²) in [5, 5.41) is 10.6. The molecule has 2 aromatic rings. The van der Waals surface area contributed by atoms with Crippen molar-refractivity contribution in [3.8, 4) is 0 Å². The van der Waals surface area contributed by atoms with E-state index >= 15 is 0 Å². The van der Waals surface area contributed by atoms with Gasteiger partial charge in [0.2, 0.25) is 17.7 Å². The summed E-state index contributed by atoms with van der Waals surface area (Å²) in [6.07, 6.45) is 8.54. The summed E-state index contributed by atoms with van der Waals surface area (Å²) in [5.74, 6) is 2.76. The van der Waals surface area contributed by atoms with Gasteiger partial charge in [0.1, 0.15) is 0 Å². The first kappa shape index (κ1) is 16.5. The van der Waals surface area contributed by atoms with Crippen molar-refractivity contribution in [1.29, 1.82) is 0 Å². The molecule has 1 aliphatic heterocycles. The minimum Gasteiger partial charge on any atom is -0.425 e. The highest BCUT2D eigenvalue weighted by Gasteiger charge is 2.46. The molecule has 3 fully saturated rings. The predicted molar refractivity (Wildman–Crippen MR) is 99.3 cm³/mol. The quantitative estimate of drug-likeness (QED) is 0.807. The third-order valence-corrected chi connectivity index (χ3v) is 7.45. The second-order valence-electron chi connectivity index (χ2n) is 8.09. The lowest BCUT2D eigenvalue weighted by Gasteiger charge is -2.37. The molecule has 0 spiro atoms. The minimum atomic E-state index is -0.259. The number of hydrogen-bond acceptors (Lipinski definition) is 5. The van der Waals surface area contributed by atoms with Gasteiger partial charge in [0.15, 0.2) is 0 Å². The number of aromatic nitrogens is 2. The van der Waals surface area contributed by atoms with Crippen LogP contribution in [0, 0.1) is 0 Å². The van der Waals surface area contributed by atoms with Crippen LogP contribution in [0.5, 0.6) is 0 Å². The maximum absolute atomic E-state index is 13.4. The largest absolute Gasteiger partial charge is 0.425 e. The van der Waals surface area contributed by atoms with Crippen molar-refractivity contribution >= 4 is 17.2 Å². The highest BCUT2D eigenvalue weighted by atomic mass is 32.1. The summed E-state index contributed by atoms with van der Waals surface area (Å²) >= 11 is 1.74. The summed E-state index contributed by atoms with van der Waals surface area (Å²) in [6, 6.07) is 4.23. The van der Waals surface area contributed by atoms with Crippen LogP contribution in [0.15, 0.2) is 21.9 Å². The molecule has 5 rings (SSSR count). The summed E-state index contributed by atoms with van der Waals surface area (Å²) in [5.41, 5.74) is -0.259. The monoisotopic (exact) mass is 371 g/mol.